The van der Waals surface area contributed by atoms with Crippen molar-refractivity contribution in [2.24, 2.45) is 14.1 Å². The largest absolute Gasteiger partial charge is 0.456 e. The van der Waals surface area contributed by atoms with Crippen LogP contribution in [0, 0.1) is 6.92 Å². The van der Waals surface area contributed by atoms with Gasteiger partial charge in [0.15, 0.2) is 0 Å². The highest BCUT2D eigenvalue weighted by Gasteiger charge is 2.27. The predicted molar refractivity (Wildman–Crippen MR) is 130 cm³/mol. The Hall–Kier alpha value is -3.65. The summed E-state index contributed by atoms with van der Waals surface area (Å²) in [4.78, 5) is 22.8. The molecular formula is C25H23N5O2S. The molecule has 6 rings (SSSR count). The number of rotatable bonds is 5. The molecule has 0 radical (unpaired) electrons. The Morgan fingerprint density at radius 1 is 1.15 bits per heavy atom. The van der Waals surface area contributed by atoms with Gasteiger partial charge in [0.25, 0.3) is 5.91 Å². The number of imidazole rings is 1. The number of carbonyl (C=O) groups is 1. The van der Waals surface area contributed by atoms with Crippen molar-refractivity contribution < 1.29 is 9.53 Å². The SMILES string of the molecule is Cc1c(C(=O)NC2CC2)c2ccc(Oc3ccnc4cc(-c5nccn5C)sc34)cc2n1C. The Bertz CT molecular complexity index is 1540. The third-order valence-corrected chi connectivity index (χ3v) is 7.38. The molecule has 0 saturated heterocycles. The van der Waals surface area contributed by atoms with E-state index in [1.54, 1.807) is 23.7 Å². The first kappa shape index (κ1) is 20.0. The molecular weight excluding hydrogens is 434 g/mol. The normalized spacial score (nSPS) is 13.7. The number of amides is 1. The molecule has 1 fully saturated rings. The number of nitrogens with one attached hydrogen (secondary N) is 1. The first-order valence-electron chi connectivity index (χ1n) is 10.9. The van der Waals surface area contributed by atoms with Crippen molar-refractivity contribution >= 4 is 38.4 Å². The van der Waals surface area contributed by atoms with E-state index in [1.807, 2.05) is 62.1 Å². The van der Waals surface area contributed by atoms with E-state index in [0.29, 0.717) is 6.04 Å². The second-order valence-corrected chi connectivity index (χ2v) is 9.60. The summed E-state index contributed by atoms with van der Waals surface area (Å²) in [5.74, 6) is 2.38. The number of aromatic nitrogens is 4. The highest BCUT2D eigenvalue weighted by Crippen LogP contribution is 2.39. The Labute approximate surface area is 194 Å². The maximum absolute atomic E-state index is 12.8. The number of ether oxygens (including phenoxy) is 1. The topological polar surface area (TPSA) is 74.0 Å². The second kappa shape index (κ2) is 7.45. The molecule has 8 heteroatoms. The lowest BCUT2D eigenvalue weighted by Gasteiger charge is -2.07. The summed E-state index contributed by atoms with van der Waals surface area (Å²) in [5, 5.41) is 4.05. The number of thiophene rings is 1. The monoisotopic (exact) mass is 457 g/mol. The zero-order valence-corrected chi connectivity index (χ0v) is 19.4. The number of hydrogen-bond donors (Lipinski definition) is 1. The standard InChI is InChI=1S/C25H23N5O2S/c1-14-22(25(31)28-15-4-5-15)17-7-6-16(12-19(17)30(14)3)32-20-8-9-26-18-13-21(33-23(18)20)24-27-10-11-29(24)2/h6-13,15H,4-5H2,1-3H3,(H,28,31). The first-order chi connectivity index (χ1) is 16.0. The first-order valence-corrected chi connectivity index (χ1v) is 11.8. The smallest absolute Gasteiger partial charge is 0.253 e. The summed E-state index contributed by atoms with van der Waals surface area (Å²) in [6, 6.07) is 10.2. The maximum atomic E-state index is 12.8. The minimum atomic E-state index is 0.00510. The van der Waals surface area contributed by atoms with Crippen LogP contribution in [0.3, 0.4) is 0 Å². The van der Waals surface area contributed by atoms with E-state index in [1.165, 1.54) is 0 Å². The zero-order valence-electron chi connectivity index (χ0n) is 18.6. The van der Waals surface area contributed by atoms with Crippen LogP contribution >= 0.6 is 11.3 Å². The van der Waals surface area contributed by atoms with Crippen molar-refractivity contribution in [3.8, 4) is 22.2 Å². The Balaban J connectivity index is 1.37. The molecule has 1 aliphatic rings. The van der Waals surface area contributed by atoms with Gasteiger partial charge in [-0.2, -0.15) is 0 Å². The van der Waals surface area contributed by atoms with Gasteiger partial charge >= 0.3 is 0 Å². The number of hydrogen-bond acceptors (Lipinski definition) is 5. The van der Waals surface area contributed by atoms with Crippen LogP contribution in [0.5, 0.6) is 11.5 Å². The molecule has 166 valence electrons. The quantitative estimate of drug-likeness (QED) is 0.395. The summed E-state index contributed by atoms with van der Waals surface area (Å²) >= 11 is 1.61. The molecule has 4 heterocycles. The molecule has 1 N–H and O–H groups in total. The number of carbonyl (C=O) groups excluding carboxylic acids is 1. The number of nitrogens with zero attached hydrogens (tertiary/aromatic N) is 4. The third-order valence-electron chi connectivity index (χ3n) is 6.25. The van der Waals surface area contributed by atoms with E-state index in [0.717, 1.165) is 67.4 Å². The fourth-order valence-electron chi connectivity index (χ4n) is 4.21. The van der Waals surface area contributed by atoms with Crippen LogP contribution in [0.15, 0.2) is 48.9 Å². The molecule has 1 aromatic carbocycles. The van der Waals surface area contributed by atoms with Crippen LogP contribution in [0.4, 0.5) is 0 Å². The van der Waals surface area contributed by atoms with Gasteiger partial charge < -0.3 is 19.2 Å². The van der Waals surface area contributed by atoms with Gasteiger partial charge in [-0.1, -0.05) is 0 Å². The van der Waals surface area contributed by atoms with Gasteiger partial charge in [-0.15, -0.1) is 11.3 Å². The predicted octanol–water partition coefficient (Wildman–Crippen LogP) is 5.18. The van der Waals surface area contributed by atoms with E-state index < -0.39 is 0 Å². The van der Waals surface area contributed by atoms with Gasteiger partial charge in [0.1, 0.15) is 17.3 Å². The van der Waals surface area contributed by atoms with Crippen molar-refractivity contribution in [1.82, 2.24) is 24.4 Å². The van der Waals surface area contributed by atoms with Gasteiger partial charge in [-0.3, -0.25) is 9.78 Å². The fraction of sp³-hybridized carbons (Fsp3) is 0.240. The Morgan fingerprint density at radius 2 is 2.00 bits per heavy atom. The van der Waals surface area contributed by atoms with E-state index in [2.05, 4.69) is 19.9 Å². The molecule has 5 aromatic rings. The average Bonchev–Trinajstić information content (AvgIpc) is 3.23. The van der Waals surface area contributed by atoms with E-state index in [9.17, 15) is 4.79 Å². The zero-order chi connectivity index (χ0) is 22.7. The molecule has 0 spiro atoms. The molecule has 1 saturated carbocycles. The van der Waals surface area contributed by atoms with Crippen molar-refractivity contribution in [2.45, 2.75) is 25.8 Å². The summed E-state index contributed by atoms with van der Waals surface area (Å²) in [6.45, 7) is 1.99. The van der Waals surface area contributed by atoms with Gasteiger partial charge in [-0.05, 0) is 38.0 Å². The molecule has 1 amide bonds. The Kier molecular flexibility index (Phi) is 4.51. The summed E-state index contributed by atoms with van der Waals surface area (Å²) in [5.41, 5.74) is 3.54. The van der Waals surface area contributed by atoms with E-state index >= 15 is 0 Å². The highest BCUT2D eigenvalue weighted by molar-refractivity contribution is 7.22. The number of fused-ring (bicyclic) bond motifs is 2. The minimum Gasteiger partial charge on any atom is -0.456 e. The molecule has 0 unspecified atom stereocenters. The lowest BCUT2D eigenvalue weighted by atomic mass is 10.1. The molecule has 1 aliphatic carbocycles. The van der Waals surface area contributed by atoms with Crippen molar-refractivity contribution in [1.29, 1.82) is 0 Å². The fourth-order valence-corrected chi connectivity index (χ4v) is 5.32. The van der Waals surface area contributed by atoms with Gasteiger partial charge in [0.05, 0.1) is 26.2 Å². The average molecular weight is 458 g/mol. The van der Waals surface area contributed by atoms with Crippen molar-refractivity contribution in [2.75, 3.05) is 0 Å². The maximum Gasteiger partial charge on any atom is 0.253 e. The summed E-state index contributed by atoms with van der Waals surface area (Å²) in [6.07, 6.45) is 7.62. The van der Waals surface area contributed by atoms with Crippen LogP contribution in [0.2, 0.25) is 0 Å². The summed E-state index contributed by atoms with van der Waals surface area (Å²) in [7, 11) is 3.96. The van der Waals surface area contributed by atoms with Gasteiger partial charge in [-0.25, -0.2) is 4.98 Å². The Morgan fingerprint density at radius 3 is 2.76 bits per heavy atom. The van der Waals surface area contributed by atoms with Crippen LogP contribution in [0.1, 0.15) is 28.9 Å². The lowest BCUT2D eigenvalue weighted by Crippen LogP contribution is -2.25. The van der Waals surface area contributed by atoms with Crippen LogP contribution in [0.25, 0.3) is 31.8 Å². The second-order valence-electron chi connectivity index (χ2n) is 8.54. The molecule has 0 bridgehead atoms. The summed E-state index contributed by atoms with van der Waals surface area (Å²) < 4.78 is 11.4. The molecule has 33 heavy (non-hydrogen) atoms. The van der Waals surface area contributed by atoms with Crippen molar-refractivity contribution in [3.63, 3.8) is 0 Å². The van der Waals surface area contributed by atoms with E-state index in [-0.39, 0.29) is 5.91 Å². The van der Waals surface area contributed by atoms with Crippen LogP contribution < -0.4 is 10.1 Å². The van der Waals surface area contributed by atoms with Gasteiger partial charge in [0, 0.05) is 61.9 Å². The van der Waals surface area contributed by atoms with E-state index in [4.69, 9.17) is 4.74 Å². The molecule has 0 atom stereocenters. The molecule has 4 aromatic heterocycles. The minimum absolute atomic E-state index is 0.00510. The molecule has 0 aliphatic heterocycles. The number of benzene rings is 1. The highest BCUT2D eigenvalue weighted by atomic mass is 32.1. The third kappa shape index (κ3) is 3.38. The van der Waals surface area contributed by atoms with Gasteiger partial charge in [0.2, 0.25) is 0 Å². The number of aryl methyl sites for hydroxylation is 2. The van der Waals surface area contributed by atoms with Crippen molar-refractivity contribution in [3.05, 3.63) is 60.2 Å². The van der Waals surface area contributed by atoms with Crippen LogP contribution in [-0.4, -0.2) is 31.1 Å². The molecule has 7 nitrogen and oxygen atoms in total. The van der Waals surface area contributed by atoms with Crippen LogP contribution in [-0.2, 0) is 14.1 Å². The lowest BCUT2D eigenvalue weighted by molar-refractivity contribution is 0.0952. The number of pyridine rings is 1.